The van der Waals surface area contributed by atoms with Crippen molar-refractivity contribution in [1.29, 1.82) is 0 Å². The van der Waals surface area contributed by atoms with Gasteiger partial charge >= 0.3 is 0 Å². The fourth-order valence-electron chi connectivity index (χ4n) is 2.95. The normalized spacial score (nSPS) is 10.9. The van der Waals surface area contributed by atoms with E-state index in [1.807, 2.05) is 36.6 Å². The van der Waals surface area contributed by atoms with E-state index in [-0.39, 0.29) is 11.7 Å². The van der Waals surface area contributed by atoms with E-state index in [0.29, 0.717) is 10.9 Å². The van der Waals surface area contributed by atoms with Gasteiger partial charge in [-0.15, -0.1) is 11.3 Å². The molecule has 0 saturated carbocycles. The number of carbonyl (C=O) groups is 1. The molecule has 0 atom stereocenters. The van der Waals surface area contributed by atoms with Crippen LogP contribution >= 0.6 is 23.1 Å². The monoisotopic (exact) mass is 438 g/mol. The molecule has 4 aromatic rings. The molecule has 5 nitrogen and oxygen atoms in total. The predicted octanol–water partition coefficient (Wildman–Crippen LogP) is 5.96. The van der Waals surface area contributed by atoms with Crippen LogP contribution in [0.5, 0.6) is 0 Å². The number of thiazole rings is 1. The molecule has 0 radical (unpaired) electrons. The van der Waals surface area contributed by atoms with Gasteiger partial charge in [-0.2, -0.15) is 0 Å². The van der Waals surface area contributed by atoms with Crippen molar-refractivity contribution >= 4 is 39.8 Å². The third-order valence-electron chi connectivity index (χ3n) is 4.37. The smallest absolute Gasteiger partial charge is 0.230 e. The van der Waals surface area contributed by atoms with Gasteiger partial charge in [0.25, 0.3) is 0 Å². The second-order valence-electron chi connectivity index (χ2n) is 6.71. The molecule has 152 valence electrons. The molecule has 0 aliphatic rings. The molecular weight excluding hydrogens is 419 g/mol. The number of aromatic nitrogens is 3. The third kappa shape index (κ3) is 4.60. The molecule has 8 heteroatoms. The van der Waals surface area contributed by atoms with E-state index < -0.39 is 0 Å². The summed E-state index contributed by atoms with van der Waals surface area (Å²) < 4.78 is 13.1. The molecule has 30 heavy (non-hydrogen) atoms. The lowest BCUT2D eigenvalue weighted by atomic mass is 10.2. The fraction of sp³-hybridized carbons (Fsp3) is 0.136. The van der Waals surface area contributed by atoms with Crippen molar-refractivity contribution in [3.8, 4) is 11.3 Å². The summed E-state index contributed by atoms with van der Waals surface area (Å²) in [5, 5.41) is 3.36. The Morgan fingerprint density at radius 3 is 2.77 bits per heavy atom. The first kappa shape index (κ1) is 20.3. The summed E-state index contributed by atoms with van der Waals surface area (Å²) in [6, 6.07) is 14.1. The van der Waals surface area contributed by atoms with E-state index in [4.69, 9.17) is 0 Å². The van der Waals surface area contributed by atoms with Crippen LogP contribution in [0, 0.1) is 12.7 Å². The number of aryl methyl sites for hydroxylation is 1. The number of hydrogen-bond acceptors (Lipinski definition) is 5. The number of hydrogen-bond donors (Lipinski definition) is 1. The van der Waals surface area contributed by atoms with Crippen LogP contribution in [0.2, 0.25) is 0 Å². The molecule has 0 fully saturated rings. The first-order valence-corrected chi connectivity index (χ1v) is 11.1. The summed E-state index contributed by atoms with van der Waals surface area (Å²) in [5.74, 6) is 0.272. The lowest BCUT2D eigenvalue weighted by Gasteiger charge is -2.18. The summed E-state index contributed by atoms with van der Waals surface area (Å²) in [6.07, 6.45) is 1.73. The standard InChI is InChI=1S/C22H19FN4OS2/c1-14-4-3-5-19(10-14)27(15(2)28)22-25-18(13-30-22)12-29-21-24-11-20(26-21)16-6-8-17(23)9-7-16/h3-11,13H,12H2,1-2H3,(H,24,26). The maximum Gasteiger partial charge on any atom is 0.230 e. The van der Waals surface area contributed by atoms with E-state index in [9.17, 15) is 9.18 Å². The molecule has 0 aliphatic heterocycles. The SMILES string of the molecule is CC(=O)N(c1cccc(C)c1)c1nc(CSc2ncc(-c3ccc(F)cc3)[nH]2)cs1. The number of nitrogens with zero attached hydrogens (tertiary/aromatic N) is 3. The van der Waals surface area contributed by atoms with Crippen LogP contribution in [0.4, 0.5) is 15.2 Å². The fourth-order valence-corrected chi connectivity index (χ4v) is 4.69. The highest BCUT2D eigenvalue weighted by Gasteiger charge is 2.18. The number of anilines is 2. The highest BCUT2D eigenvalue weighted by molar-refractivity contribution is 7.98. The molecule has 2 aromatic carbocycles. The molecule has 1 N–H and O–H groups in total. The largest absolute Gasteiger partial charge is 0.333 e. The molecule has 4 rings (SSSR count). The Bertz CT molecular complexity index is 1170. The highest BCUT2D eigenvalue weighted by Crippen LogP contribution is 2.31. The molecule has 0 aliphatic carbocycles. The van der Waals surface area contributed by atoms with Crippen molar-refractivity contribution in [2.45, 2.75) is 24.8 Å². The molecule has 0 bridgehead atoms. The average molecular weight is 439 g/mol. The van der Waals surface area contributed by atoms with Crippen LogP contribution < -0.4 is 4.90 Å². The molecule has 2 heterocycles. The summed E-state index contributed by atoms with van der Waals surface area (Å²) in [5.41, 5.74) is 4.48. The van der Waals surface area contributed by atoms with Gasteiger partial charge in [0.2, 0.25) is 5.91 Å². The highest BCUT2D eigenvalue weighted by atomic mass is 32.2. The number of halogens is 1. The number of benzene rings is 2. The van der Waals surface area contributed by atoms with E-state index in [1.165, 1.54) is 42.2 Å². The lowest BCUT2D eigenvalue weighted by Crippen LogP contribution is -2.22. The Morgan fingerprint density at radius 1 is 1.23 bits per heavy atom. The van der Waals surface area contributed by atoms with E-state index in [2.05, 4.69) is 15.0 Å². The molecule has 0 saturated heterocycles. The minimum absolute atomic E-state index is 0.0795. The minimum atomic E-state index is -0.266. The third-order valence-corrected chi connectivity index (χ3v) is 6.17. The number of carbonyl (C=O) groups excluding carboxylic acids is 1. The number of imidazole rings is 1. The predicted molar refractivity (Wildman–Crippen MR) is 120 cm³/mol. The van der Waals surface area contributed by atoms with Gasteiger partial charge in [-0.1, -0.05) is 23.9 Å². The number of rotatable bonds is 6. The lowest BCUT2D eigenvalue weighted by molar-refractivity contribution is -0.115. The van der Waals surface area contributed by atoms with Crippen LogP contribution in [0.15, 0.2) is 65.3 Å². The van der Waals surface area contributed by atoms with Gasteiger partial charge in [0.15, 0.2) is 10.3 Å². The maximum absolute atomic E-state index is 13.1. The zero-order chi connectivity index (χ0) is 21.1. The van der Waals surface area contributed by atoms with E-state index in [1.54, 1.807) is 23.2 Å². The molecular formula is C22H19FN4OS2. The molecule has 2 aromatic heterocycles. The summed E-state index contributed by atoms with van der Waals surface area (Å²) in [4.78, 5) is 26.2. The van der Waals surface area contributed by atoms with Gasteiger partial charge in [-0.3, -0.25) is 9.69 Å². The van der Waals surface area contributed by atoms with Crippen molar-refractivity contribution in [3.05, 3.63) is 77.2 Å². The molecule has 0 spiro atoms. The van der Waals surface area contributed by atoms with Crippen molar-refractivity contribution < 1.29 is 9.18 Å². The van der Waals surface area contributed by atoms with Crippen LogP contribution in [0.25, 0.3) is 11.3 Å². The maximum atomic E-state index is 13.1. The van der Waals surface area contributed by atoms with Crippen molar-refractivity contribution in [2.24, 2.45) is 0 Å². The quantitative estimate of drug-likeness (QED) is 0.378. The van der Waals surface area contributed by atoms with Crippen molar-refractivity contribution in [2.75, 3.05) is 4.90 Å². The minimum Gasteiger partial charge on any atom is -0.333 e. The Balaban J connectivity index is 1.46. The van der Waals surface area contributed by atoms with Crippen LogP contribution in [0.3, 0.4) is 0 Å². The average Bonchev–Trinajstić information content (AvgIpc) is 3.37. The second-order valence-corrected chi connectivity index (χ2v) is 8.51. The van der Waals surface area contributed by atoms with Crippen LogP contribution in [-0.2, 0) is 10.5 Å². The summed E-state index contributed by atoms with van der Waals surface area (Å²) >= 11 is 2.96. The van der Waals surface area contributed by atoms with Gasteiger partial charge in [-0.05, 0) is 54.4 Å². The number of H-pyrrole nitrogens is 1. The van der Waals surface area contributed by atoms with Crippen molar-refractivity contribution in [1.82, 2.24) is 15.0 Å². The second kappa shape index (κ2) is 8.81. The number of aromatic amines is 1. The van der Waals surface area contributed by atoms with Gasteiger partial charge < -0.3 is 4.98 Å². The number of amides is 1. The van der Waals surface area contributed by atoms with Gasteiger partial charge in [-0.25, -0.2) is 14.4 Å². The first-order chi connectivity index (χ1) is 14.5. The Labute approximate surface area is 182 Å². The van der Waals surface area contributed by atoms with Crippen molar-refractivity contribution in [3.63, 3.8) is 0 Å². The molecule has 1 amide bonds. The van der Waals surface area contributed by atoms with Crippen LogP contribution in [-0.4, -0.2) is 20.9 Å². The zero-order valence-corrected chi connectivity index (χ0v) is 18.1. The zero-order valence-electron chi connectivity index (χ0n) is 16.4. The van der Waals surface area contributed by atoms with Gasteiger partial charge in [0.05, 0.1) is 23.3 Å². The van der Waals surface area contributed by atoms with Gasteiger partial charge in [0, 0.05) is 18.1 Å². The molecule has 0 unspecified atom stereocenters. The Kier molecular flexibility index (Phi) is 5.96. The van der Waals surface area contributed by atoms with E-state index in [0.717, 1.165) is 33.4 Å². The first-order valence-electron chi connectivity index (χ1n) is 9.25. The van der Waals surface area contributed by atoms with E-state index >= 15 is 0 Å². The summed E-state index contributed by atoms with van der Waals surface area (Å²) in [6.45, 7) is 3.53. The number of nitrogens with one attached hydrogen (secondary N) is 1. The van der Waals surface area contributed by atoms with Crippen LogP contribution in [0.1, 0.15) is 18.2 Å². The Morgan fingerprint density at radius 2 is 2.03 bits per heavy atom. The number of thioether (sulfide) groups is 1. The van der Waals surface area contributed by atoms with Gasteiger partial charge in [0.1, 0.15) is 5.82 Å². The Hall–Kier alpha value is -2.97. The summed E-state index contributed by atoms with van der Waals surface area (Å²) in [7, 11) is 0. The topological polar surface area (TPSA) is 61.9 Å².